The van der Waals surface area contributed by atoms with Gasteiger partial charge in [-0.25, -0.2) is 0 Å². The molecular formula is C24H25N3O3. The number of piperazine rings is 1. The summed E-state index contributed by atoms with van der Waals surface area (Å²) in [5.74, 6) is -0.207. The van der Waals surface area contributed by atoms with E-state index in [1.165, 1.54) is 10.9 Å². The van der Waals surface area contributed by atoms with E-state index in [0.717, 1.165) is 16.6 Å². The maximum absolute atomic E-state index is 12.9. The normalized spacial score (nSPS) is 17.9. The Balaban J connectivity index is 1.28. The number of carbonyl (C=O) groups is 2. The Kier molecular flexibility index (Phi) is 4.40. The molecule has 1 saturated carbocycles. The summed E-state index contributed by atoms with van der Waals surface area (Å²) >= 11 is 0. The molecule has 0 unspecified atom stereocenters. The minimum absolute atomic E-state index is 0.0199. The van der Waals surface area contributed by atoms with E-state index in [-0.39, 0.29) is 11.8 Å². The fourth-order valence-corrected chi connectivity index (χ4v) is 4.19. The van der Waals surface area contributed by atoms with Gasteiger partial charge in [-0.05, 0) is 49.6 Å². The van der Waals surface area contributed by atoms with Crippen molar-refractivity contribution < 1.29 is 14.7 Å². The van der Waals surface area contributed by atoms with E-state index in [2.05, 4.69) is 30.1 Å². The number of rotatable bonds is 3. The van der Waals surface area contributed by atoms with E-state index in [1.807, 2.05) is 30.5 Å². The summed E-state index contributed by atoms with van der Waals surface area (Å²) in [5.41, 5.74) is 4.01. The van der Waals surface area contributed by atoms with Gasteiger partial charge < -0.3 is 19.9 Å². The molecule has 3 aromatic rings. The highest BCUT2D eigenvalue weighted by atomic mass is 16.3. The van der Waals surface area contributed by atoms with Crippen LogP contribution in [0.4, 0.5) is 0 Å². The van der Waals surface area contributed by atoms with Crippen molar-refractivity contribution in [3.63, 3.8) is 0 Å². The first-order valence-corrected chi connectivity index (χ1v) is 10.4. The number of amides is 2. The minimum atomic E-state index is -1.14. The zero-order valence-electron chi connectivity index (χ0n) is 17.0. The van der Waals surface area contributed by atoms with Gasteiger partial charge in [0, 0.05) is 54.4 Å². The van der Waals surface area contributed by atoms with Crippen LogP contribution in [-0.2, 0) is 4.79 Å². The summed E-state index contributed by atoms with van der Waals surface area (Å²) in [6.45, 7) is 4.00. The zero-order chi connectivity index (χ0) is 20.9. The first-order valence-electron chi connectivity index (χ1n) is 10.4. The van der Waals surface area contributed by atoms with Crippen molar-refractivity contribution in [2.75, 3.05) is 26.2 Å². The molecule has 6 nitrogen and oxygen atoms in total. The number of fused-ring (bicyclic) bond motifs is 1. The quantitative estimate of drug-likeness (QED) is 0.706. The largest absolute Gasteiger partial charge is 0.380 e. The summed E-state index contributed by atoms with van der Waals surface area (Å²) in [6, 6.07) is 14.1. The molecule has 2 N–H and O–H groups in total. The van der Waals surface area contributed by atoms with Crippen LogP contribution < -0.4 is 0 Å². The number of nitrogens with zero attached hydrogens (tertiary/aromatic N) is 2. The Morgan fingerprint density at radius 3 is 2.30 bits per heavy atom. The number of nitrogens with one attached hydrogen (secondary N) is 1. The fourth-order valence-electron chi connectivity index (χ4n) is 4.19. The van der Waals surface area contributed by atoms with Gasteiger partial charge in [-0.2, -0.15) is 0 Å². The lowest BCUT2D eigenvalue weighted by atomic mass is 10.0. The van der Waals surface area contributed by atoms with Crippen molar-refractivity contribution >= 4 is 22.7 Å². The fraction of sp³-hybridized carbons (Fsp3) is 0.333. The van der Waals surface area contributed by atoms with Gasteiger partial charge in [0.15, 0.2) is 0 Å². The SMILES string of the molecule is Cc1ccc2[nH]cc(-c3ccc(C(=O)N4CCN(C(=O)C5(O)CC5)CC4)cc3)c2c1. The smallest absolute Gasteiger partial charge is 0.254 e. The van der Waals surface area contributed by atoms with Crippen molar-refractivity contribution in [2.24, 2.45) is 0 Å². The molecule has 1 saturated heterocycles. The van der Waals surface area contributed by atoms with Crippen molar-refractivity contribution in [3.8, 4) is 11.1 Å². The van der Waals surface area contributed by atoms with Crippen LogP contribution in [0.1, 0.15) is 28.8 Å². The van der Waals surface area contributed by atoms with E-state index in [4.69, 9.17) is 0 Å². The van der Waals surface area contributed by atoms with E-state index in [1.54, 1.807) is 9.80 Å². The highest BCUT2D eigenvalue weighted by Crippen LogP contribution is 2.37. The Bertz CT molecular complexity index is 1120. The molecule has 0 bridgehead atoms. The van der Waals surface area contributed by atoms with E-state index in [0.29, 0.717) is 44.6 Å². The Labute approximate surface area is 175 Å². The second-order valence-electron chi connectivity index (χ2n) is 8.44. The molecule has 0 spiro atoms. The van der Waals surface area contributed by atoms with E-state index >= 15 is 0 Å². The summed E-state index contributed by atoms with van der Waals surface area (Å²) < 4.78 is 0. The van der Waals surface area contributed by atoms with Gasteiger partial charge in [0.05, 0.1) is 0 Å². The first kappa shape index (κ1) is 18.9. The van der Waals surface area contributed by atoms with E-state index in [9.17, 15) is 14.7 Å². The molecule has 0 radical (unpaired) electrons. The molecule has 2 aliphatic rings. The van der Waals surface area contributed by atoms with Crippen LogP contribution in [0, 0.1) is 6.92 Å². The molecule has 0 atom stereocenters. The van der Waals surface area contributed by atoms with Gasteiger partial charge >= 0.3 is 0 Å². The van der Waals surface area contributed by atoms with Crippen LogP contribution in [0.25, 0.3) is 22.0 Å². The number of aliphatic hydroxyl groups is 1. The van der Waals surface area contributed by atoms with Gasteiger partial charge in [-0.15, -0.1) is 0 Å². The number of carbonyl (C=O) groups excluding carboxylic acids is 2. The number of aromatic nitrogens is 1. The third-order valence-corrected chi connectivity index (χ3v) is 6.26. The summed E-state index contributed by atoms with van der Waals surface area (Å²) in [5, 5.41) is 11.2. The highest BCUT2D eigenvalue weighted by Gasteiger charge is 2.50. The highest BCUT2D eigenvalue weighted by molar-refractivity contribution is 5.98. The number of aromatic amines is 1. The maximum atomic E-state index is 12.9. The first-order chi connectivity index (χ1) is 14.4. The zero-order valence-corrected chi connectivity index (χ0v) is 17.0. The van der Waals surface area contributed by atoms with Crippen molar-refractivity contribution in [2.45, 2.75) is 25.4 Å². The van der Waals surface area contributed by atoms with Gasteiger partial charge in [-0.3, -0.25) is 9.59 Å². The molecule has 2 heterocycles. The Hall–Kier alpha value is -3.12. The van der Waals surface area contributed by atoms with Crippen LogP contribution in [0.15, 0.2) is 48.7 Å². The molecule has 2 aromatic carbocycles. The topological polar surface area (TPSA) is 76.6 Å². The second kappa shape index (κ2) is 6.99. The summed E-state index contributed by atoms with van der Waals surface area (Å²) in [7, 11) is 0. The van der Waals surface area contributed by atoms with Crippen LogP contribution in [0.5, 0.6) is 0 Å². The maximum Gasteiger partial charge on any atom is 0.254 e. The lowest BCUT2D eigenvalue weighted by Gasteiger charge is -2.35. The molecule has 6 heteroatoms. The third kappa shape index (κ3) is 3.27. The Morgan fingerprint density at radius 2 is 1.63 bits per heavy atom. The number of hydrogen-bond acceptors (Lipinski definition) is 3. The monoisotopic (exact) mass is 403 g/mol. The van der Waals surface area contributed by atoms with Crippen molar-refractivity contribution in [1.82, 2.24) is 14.8 Å². The predicted octanol–water partition coefficient (Wildman–Crippen LogP) is 2.95. The number of hydrogen-bond donors (Lipinski definition) is 2. The van der Waals surface area contributed by atoms with Crippen LogP contribution in [-0.4, -0.2) is 63.5 Å². The van der Waals surface area contributed by atoms with Crippen LogP contribution in [0.3, 0.4) is 0 Å². The standard InChI is InChI=1S/C24H25N3O3/c1-16-2-7-21-19(14-16)20(15-25-21)17-3-5-18(6-4-17)22(28)26-10-12-27(13-11-26)23(29)24(30)8-9-24/h2-7,14-15,25,30H,8-13H2,1H3. The second-order valence-corrected chi connectivity index (χ2v) is 8.44. The number of benzene rings is 2. The van der Waals surface area contributed by atoms with Crippen LogP contribution >= 0.6 is 0 Å². The molecule has 2 amide bonds. The van der Waals surface area contributed by atoms with Crippen LogP contribution in [0.2, 0.25) is 0 Å². The molecule has 30 heavy (non-hydrogen) atoms. The average Bonchev–Trinajstić information content (AvgIpc) is 3.39. The summed E-state index contributed by atoms with van der Waals surface area (Å²) in [6.07, 6.45) is 3.10. The number of H-pyrrole nitrogens is 1. The predicted molar refractivity (Wildman–Crippen MR) is 115 cm³/mol. The lowest BCUT2D eigenvalue weighted by molar-refractivity contribution is -0.143. The Morgan fingerprint density at radius 1 is 0.967 bits per heavy atom. The summed E-state index contributed by atoms with van der Waals surface area (Å²) in [4.78, 5) is 31.9. The number of aryl methyl sites for hydroxylation is 1. The molecule has 5 rings (SSSR count). The van der Waals surface area contributed by atoms with Gasteiger partial charge in [0.25, 0.3) is 11.8 Å². The van der Waals surface area contributed by atoms with Gasteiger partial charge in [-0.1, -0.05) is 23.8 Å². The average molecular weight is 403 g/mol. The van der Waals surface area contributed by atoms with Crippen molar-refractivity contribution in [1.29, 1.82) is 0 Å². The minimum Gasteiger partial charge on any atom is -0.380 e. The third-order valence-electron chi connectivity index (χ3n) is 6.26. The molecule has 1 aliphatic carbocycles. The van der Waals surface area contributed by atoms with E-state index < -0.39 is 5.60 Å². The lowest BCUT2D eigenvalue weighted by Crippen LogP contribution is -2.53. The van der Waals surface area contributed by atoms with Crippen molar-refractivity contribution in [3.05, 3.63) is 59.8 Å². The van der Waals surface area contributed by atoms with Gasteiger partial charge in [0.1, 0.15) is 5.60 Å². The molecule has 1 aliphatic heterocycles. The molecule has 1 aromatic heterocycles. The molecular weight excluding hydrogens is 378 g/mol. The molecule has 154 valence electrons. The van der Waals surface area contributed by atoms with Gasteiger partial charge in [0.2, 0.25) is 0 Å². The molecule has 2 fully saturated rings.